The van der Waals surface area contributed by atoms with E-state index >= 15 is 0 Å². The van der Waals surface area contributed by atoms with E-state index in [1.165, 1.54) is 0 Å². The molecule has 206 valence electrons. The lowest BCUT2D eigenvalue weighted by Gasteiger charge is -2.28. The summed E-state index contributed by atoms with van der Waals surface area (Å²) in [5.41, 5.74) is 1.68. The zero-order chi connectivity index (χ0) is 26.9. The Bertz CT molecular complexity index is 1100. The van der Waals surface area contributed by atoms with Crippen molar-refractivity contribution in [1.29, 1.82) is 5.26 Å². The number of guanidine groups is 1. The predicted molar refractivity (Wildman–Crippen MR) is 148 cm³/mol. The molecule has 2 aromatic rings. The molecule has 1 fully saturated rings. The zero-order valence-electron chi connectivity index (χ0n) is 21.8. The second-order valence-corrected chi connectivity index (χ2v) is 11.1. The number of aliphatic imine (C=N–C) groups is 1. The number of sulfonamides is 1. The minimum atomic E-state index is -3.40. The number of nitrogens with zero attached hydrogens (tertiary/aromatic N) is 6. The van der Waals surface area contributed by atoms with Crippen molar-refractivity contribution in [3.8, 4) is 6.19 Å². The number of nitrogens with one attached hydrogen (secondary N) is 2. The van der Waals surface area contributed by atoms with Gasteiger partial charge in [-0.15, -0.1) is 0 Å². The Kier molecular flexibility index (Phi) is 12.9. The first-order valence-electron chi connectivity index (χ1n) is 13.1. The number of rotatable bonds is 15. The number of nitriles is 1. The lowest BCUT2D eigenvalue weighted by atomic mass is 10.2. The van der Waals surface area contributed by atoms with Gasteiger partial charge in [0.25, 0.3) is 0 Å². The molecule has 1 aliphatic rings. The van der Waals surface area contributed by atoms with E-state index in [0.29, 0.717) is 32.0 Å². The average molecular weight is 543 g/mol. The second-order valence-electron chi connectivity index (χ2n) is 9.06. The number of hydrogen-bond acceptors (Lipinski definition) is 8. The van der Waals surface area contributed by atoms with Crippen LogP contribution in [0.3, 0.4) is 0 Å². The van der Waals surface area contributed by atoms with Gasteiger partial charge in [0.15, 0.2) is 6.19 Å². The summed E-state index contributed by atoms with van der Waals surface area (Å²) in [6.45, 7) is 5.49. The molecule has 0 unspecified atom stereocenters. The summed E-state index contributed by atoms with van der Waals surface area (Å²) in [4.78, 5) is 14.8. The lowest BCUT2D eigenvalue weighted by Crippen LogP contribution is -2.39. The van der Waals surface area contributed by atoms with Crippen molar-refractivity contribution < 1.29 is 13.2 Å². The summed E-state index contributed by atoms with van der Waals surface area (Å²) >= 11 is 0. The standard InChI is InChI=1S/C26H38N8O3S/c27-23-31-26(32-25-8-12-28-13-9-25)30-11-3-1-2-4-20-38(35,36)34(22-24-7-5-10-29-21-24)15-6-14-33-16-18-37-19-17-33/h5,7-10,12-13,21H,1-4,6,11,14-20,22H2,(H2,28,30,31,32). The van der Waals surface area contributed by atoms with Gasteiger partial charge in [0, 0.05) is 63.2 Å². The maximum Gasteiger partial charge on any atom is 0.214 e. The van der Waals surface area contributed by atoms with E-state index in [0.717, 1.165) is 69.8 Å². The first kappa shape index (κ1) is 29.4. The molecule has 0 aromatic carbocycles. The van der Waals surface area contributed by atoms with Crippen molar-refractivity contribution in [2.24, 2.45) is 4.99 Å². The molecule has 0 radical (unpaired) electrons. The van der Waals surface area contributed by atoms with Crippen LogP contribution in [0.1, 0.15) is 37.7 Å². The fourth-order valence-electron chi connectivity index (χ4n) is 4.11. The van der Waals surface area contributed by atoms with Crippen LogP contribution < -0.4 is 10.6 Å². The van der Waals surface area contributed by atoms with Crippen LogP contribution in [-0.4, -0.2) is 85.2 Å². The Balaban J connectivity index is 1.42. The number of unbranched alkanes of at least 4 members (excludes halogenated alkanes) is 3. The molecule has 0 amide bonds. The van der Waals surface area contributed by atoms with Crippen molar-refractivity contribution in [3.05, 3.63) is 54.6 Å². The van der Waals surface area contributed by atoms with Crippen LogP contribution in [0.4, 0.5) is 5.69 Å². The van der Waals surface area contributed by atoms with Gasteiger partial charge in [-0.1, -0.05) is 18.9 Å². The maximum absolute atomic E-state index is 13.2. The number of aromatic nitrogens is 2. The highest BCUT2D eigenvalue weighted by Crippen LogP contribution is 2.14. The van der Waals surface area contributed by atoms with Crippen molar-refractivity contribution in [1.82, 2.24) is 24.5 Å². The van der Waals surface area contributed by atoms with Crippen LogP contribution in [0.5, 0.6) is 0 Å². The third-order valence-corrected chi connectivity index (χ3v) is 8.06. The van der Waals surface area contributed by atoms with Gasteiger partial charge in [0.05, 0.1) is 19.0 Å². The molecule has 2 aromatic heterocycles. The summed E-state index contributed by atoms with van der Waals surface area (Å²) in [6, 6.07) is 7.32. The SMILES string of the molecule is N#CNC(=NCCCCCCS(=O)(=O)N(CCCN1CCOCC1)Cc1cccnc1)Nc1ccncc1. The van der Waals surface area contributed by atoms with E-state index in [9.17, 15) is 8.42 Å². The Labute approximate surface area is 226 Å². The molecule has 0 spiro atoms. The van der Waals surface area contributed by atoms with Gasteiger partial charge < -0.3 is 10.1 Å². The molecule has 0 aliphatic carbocycles. The quantitative estimate of drug-likeness (QED) is 0.114. The second kappa shape index (κ2) is 16.7. The molecule has 12 heteroatoms. The highest BCUT2D eigenvalue weighted by Gasteiger charge is 2.22. The van der Waals surface area contributed by atoms with Crippen LogP contribution in [-0.2, 0) is 21.3 Å². The number of pyridine rings is 2. The molecule has 0 bridgehead atoms. The van der Waals surface area contributed by atoms with Gasteiger partial charge in [0.2, 0.25) is 16.0 Å². The van der Waals surface area contributed by atoms with Crippen molar-refractivity contribution in [2.45, 2.75) is 38.6 Å². The Morgan fingerprint density at radius 2 is 1.87 bits per heavy atom. The zero-order valence-corrected chi connectivity index (χ0v) is 22.7. The van der Waals surface area contributed by atoms with Gasteiger partial charge in [-0.3, -0.25) is 25.2 Å². The monoisotopic (exact) mass is 542 g/mol. The van der Waals surface area contributed by atoms with E-state index in [2.05, 4.69) is 30.5 Å². The number of anilines is 1. The van der Waals surface area contributed by atoms with E-state index < -0.39 is 10.0 Å². The van der Waals surface area contributed by atoms with Crippen molar-refractivity contribution >= 4 is 21.7 Å². The fraction of sp³-hybridized carbons (Fsp3) is 0.538. The van der Waals surface area contributed by atoms with E-state index in [-0.39, 0.29) is 5.75 Å². The molecule has 0 saturated carbocycles. The van der Waals surface area contributed by atoms with Crippen molar-refractivity contribution in [3.63, 3.8) is 0 Å². The molecular formula is C26H38N8O3S. The minimum Gasteiger partial charge on any atom is -0.379 e. The van der Waals surface area contributed by atoms with Gasteiger partial charge in [-0.25, -0.2) is 8.42 Å². The molecular weight excluding hydrogens is 504 g/mol. The molecule has 1 saturated heterocycles. The largest absolute Gasteiger partial charge is 0.379 e. The third-order valence-electron chi connectivity index (χ3n) is 6.16. The molecule has 3 rings (SSSR count). The Hall–Kier alpha value is -3.11. The first-order chi connectivity index (χ1) is 18.6. The molecule has 38 heavy (non-hydrogen) atoms. The topological polar surface area (TPSA) is 136 Å². The molecule has 1 aliphatic heterocycles. The van der Waals surface area contributed by atoms with E-state index in [1.807, 2.05) is 18.3 Å². The summed E-state index contributed by atoms with van der Waals surface area (Å²) in [5.74, 6) is 0.503. The number of ether oxygens (including phenoxy) is 1. The Morgan fingerprint density at radius 3 is 2.61 bits per heavy atom. The summed E-state index contributed by atoms with van der Waals surface area (Å²) in [6.07, 6.45) is 12.4. The lowest BCUT2D eigenvalue weighted by molar-refractivity contribution is 0.0368. The number of morpholine rings is 1. The van der Waals surface area contributed by atoms with Crippen molar-refractivity contribution in [2.75, 3.05) is 57.0 Å². The van der Waals surface area contributed by atoms with Crippen LogP contribution in [0.2, 0.25) is 0 Å². The van der Waals surface area contributed by atoms with Gasteiger partial charge >= 0.3 is 0 Å². The summed E-state index contributed by atoms with van der Waals surface area (Å²) < 4.78 is 33.5. The molecule has 2 N–H and O–H groups in total. The predicted octanol–water partition coefficient (Wildman–Crippen LogP) is 2.43. The summed E-state index contributed by atoms with van der Waals surface area (Å²) in [7, 11) is -3.40. The van der Waals surface area contributed by atoms with Crippen LogP contribution in [0, 0.1) is 11.5 Å². The van der Waals surface area contributed by atoms with E-state index in [1.54, 1.807) is 41.2 Å². The third kappa shape index (κ3) is 11.1. The first-order valence-corrected chi connectivity index (χ1v) is 14.7. The Morgan fingerprint density at radius 1 is 1.08 bits per heavy atom. The minimum absolute atomic E-state index is 0.124. The van der Waals surface area contributed by atoms with E-state index in [4.69, 9.17) is 10.00 Å². The van der Waals surface area contributed by atoms with Crippen LogP contribution in [0.15, 0.2) is 54.0 Å². The van der Waals surface area contributed by atoms with Crippen LogP contribution in [0.25, 0.3) is 0 Å². The maximum atomic E-state index is 13.2. The smallest absolute Gasteiger partial charge is 0.214 e. The molecule has 0 atom stereocenters. The van der Waals surface area contributed by atoms with Gasteiger partial charge in [0.1, 0.15) is 0 Å². The highest BCUT2D eigenvalue weighted by molar-refractivity contribution is 7.89. The molecule has 11 nitrogen and oxygen atoms in total. The normalized spacial score (nSPS) is 14.8. The highest BCUT2D eigenvalue weighted by atomic mass is 32.2. The van der Waals surface area contributed by atoms with Gasteiger partial charge in [-0.05, 0) is 49.6 Å². The van der Waals surface area contributed by atoms with Crippen LogP contribution >= 0.6 is 0 Å². The molecule has 3 heterocycles. The van der Waals surface area contributed by atoms with Gasteiger partial charge in [-0.2, -0.15) is 9.57 Å². The number of hydrogen-bond donors (Lipinski definition) is 2. The fourth-order valence-corrected chi connectivity index (χ4v) is 5.69. The average Bonchev–Trinajstić information content (AvgIpc) is 2.94. The summed E-state index contributed by atoms with van der Waals surface area (Å²) in [5, 5.41) is 14.6.